The van der Waals surface area contributed by atoms with E-state index in [9.17, 15) is 9.59 Å². The minimum atomic E-state index is -0.376. The van der Waals surface area contributed by atoms with Crippen molar-refractivity contribution in [3.8, 4) is 0 Å². The second kappa shape index (κ2) is 9.26. The largest absolute Gasteiger partial charge is 0.466 e. The highest BCUT2D eigenvalue weighted by atomic mass is 32.2. The number of carbonyl (C=O) groups is 2. The predicted molar refractivity (Wildman–Crippen MR) is 90.4 cm³/mol. The molecule has 0 saturated carbocycles. The number of benzene rings is 1. The zero-order chi connectivity index (χ0) is 16.5. The molecule has 2 aromatic rings. The van der Waals surface area contributed by atoms with Gasteiger partial charge in [-0.1, -0.05) is 53.4 Å². The van der Waals surface area contributed by atoms with Crippen molar-refractivity contribution < 1.29 is 14.3 Å². The summed E-state index contributed by atoms with van der Waals surface area (Å²) in [6, 6.07) is 10.1. The molecule has 8 heteroatoms. The summed E-state index contributed by atoms with van der Waals surface area (Å²) in [5, 5.41) is 11.0. The van der Waals surface area contributed by atoms with Crippen LogP contribution in [-0.2, 0) is 20.1 Å². The monoisotopic (exact) mass is 351 g/mol. The molecule has 0 saturated heterocycles. The van der Waals surface area contributed by atoms with Crippen LogP contribution in [0.3, 0.4) is 0 Å². The number of anilines is 1. The fourth-order valence-electron chi connectivity index (χ4n) is 1.67. The number of thioether (sulfide) groups is 1. The molecule has 0 fully saturated rings. The van der Waals surface area contributed by atoms with E-state index in [0.717, 1.165) is 10.1 Å². The molecule has 122 valence electrons. The lowest BCUT2D eigenvalue weighted by molar-refractivity contribution is -0.144. The lowest BCUT2D eigenvalue weighted by atomic mass is 10.2. The van der Waals surface area contributed by atoms with Gasteiger partial charge in [-0.3, -0.25) is 9.59 Å². The number of hydrogen-bond acceptors (Lipinski definition) is 7. The molecule has 0 aliphatic rings. The molecule has 1 aromatic heterocycles. The van der Waals surface area contributed by atoms with Gasteiger partial charge in [0.05, 0.1) is 13.0 Å². The van der Waals surface area contributed by atoms with Crippen molar-refractivity contribution in [3.63, 3.8) is 0 Å². The number of esters is 1. The molecule has 0 spiro atoms. The smallest absolute Gasteiger partial charge is 0.306 e. The first kappa shape index (κ1) is 17.4. The van der Waals surface area contributed by atoms with E-state index in [-0.39, 0.29) is 24.7 Å². The standard InChI is InChI=1S/C15H17N3O3S2/c1-2-21-13(20)9-8-12(19)16-14-17-18-15(23-14)22-10-11-6-4-3-5-7-11/h3-7H,2,8-10H2,1H3,(H,16,17,19). The van der Waals surface area contributed by atoms with Crippen molar-refractivity contribution in [3.05, 3.63) is 35.9 Å². The summed E-state index contributed by atoms with van der Waals surface area (Å²) in [6.07, 6.45) is 0.138. The van der Waals surface area contributed by atoms with Gasteiger partial charge in [0.25, 0.3) is 0 Å². The zero-order valence-electron chi connectivity index (χ0n) is 12.7. The van der Waals surface area contributed by atoms with E-state index in [4.69, 9.17) is 4.74 Å². The molecule has 0 bridgehead atoms. The Morgan fingerprint density at radius 1 is 1.22 bits per heavy atom. The van der Waals surface area contributed by atoms with E-state index in [0.29, 0.717) is 11.7 Å². The SMILES string of the molecule is CCOC(=O)CCC(=O)Nc1nnc(SCc2ccccc2)s1. The maximum absolute atomic E-state index is 11.7. The number of rotatable bonds is 8. The number of nitrogens with zero attached hydrogens (tertiary/aromatic N) is 2. The maximum atomic E-state index is 11.7. The average Bonchev–Trinajstić information content (AvgIpc) is 3.00. The molecule has 23 heavy (non-hydrogen) atoms. The molecule has 1 aromatic carbocycles. The third kappa shape index (κ3) is 6.37. The highest BCUT2D eigenvalue weighted by Gasteiger charge is 2.11. The first-order valence-electron chi connectivity index (χ1n) is 7.13. The van der Waals surface area contributed by atoms with Crippen LogP contribution in [0.2, 0.25) is 0 Å². The minimum Gasteiger partial charge on any atom is -0.466 e. The number of ether oxygens (including phenoxy) is 1. The summed E-state index contributed by atoms with van der Waals surface area (Å²) in [6.45, 7) is 2.05. The summed E-state index contributed by atoms with van der Waals surface area (Å²) in [4.78, 5) is 22.9. The topological polar surface area (TPSA) is 81.2 Å². The van der Waals surface area contributed by atoms with Crippen molar-refractivity contribution in [1.29, 1.82) is 0 Å². The Bertz CT molecular complexity index is 646. The molecule has 6 nitrogen and oxygen atoms in total. The van der Waals surface area contributed by atoms with Gasteiger partial charge in [0.1, 0.15) is 0 Å². The molecule has 1 amide bonds. The quantitative estimate of drug-likeness (QED) is 0.447. The second-order valence-electron chi connectivity index (χ2n) is 4.50. The van der Waals surface area contributed by atoms with Gasteiger partial charge < -0.3 is 10.1 Å². The maximum Gasteiger partial charge on any atom is 0.306 e. The lowest BCUT2D eigenvalue weighted by Crippen LogP contribution is -2.14. The van der Waals surface area contributed by atoms with Gasteiger partial charge in [0.15, 0.2) is 4.34 Å². The normalized spacial score (nSPS) is 10.3. The van der Waals surface area contributed by atoms with Gasteiger partial charge in [-0.05, 0) is 12.5 Å². The van der Waals surface area contributed by atoms with Crippen LogP contribution in [0.4, 0.5) is 5.13 Å². The Morgan fingerprint density at radius 3 is 2.74 bits per heavy atom. The fraction of sp³-hybridized carbons (Fsp3) is 0.333. The van der Waals surface area contributed by atoms with Crippen LogP contribution in [0.5, 0.6) is 0 Å². The van der Waals surface area contributed by atoms with Crippen molar-refractivity contribution in [2.45, 2.75) is 29.9 Å². The highest BCUT2D eigenvalue weighted by molar-refractivity contribution is 8.00. The van der Waals surface area contributed by atoms with Crippen molar-refractivity contribution >= 4 is 40.1 Å². The van der Waals surface area contributed by atoms with Gasteiger partial charge in [0, 0.05) is 12.2 Å². The van der Waals surface area contributed by atoms with Crippen LogP contribution in [0.25, 0.3) is 0 Å². The van der Waals surface area contributed by atoms with Gasteiger partial charge >= 0.3 is 5.97 Å². The summed E-state index contributed by atoms with van der Waals surface area (Å²) >= 11 is 2.88. The third-order valence-electron chi connectivity index (χ3n) is 2.72. The summed E-state index contributed by atoms with van der Waals surface area (Å²) in [5.41, 5.74) is 1.20. The Balaban J connectivity index is 1.75. The zero-order valence-corrected chi connectivity index (χ0v) is 14.3. The van der Waals surface area contributed by atoms with E-state index in [1.54, 1.807) is 18.7 Å². The summed E-state index contributed by atoms with van der Waals surface area (Å²) in [5.74, 6) is 0.152. The molecule has 2 rings (SSSR count). The van der Waals surface area contributed by atoms with Gasteiger partial charge in [-0.2, -0.15) is 0 Å². The molecular formula is C15H17N3O3S2. The van der Waals surface area contributed by atoms with E-state index < -0.39 is 0 Å². The average molecular weight is 351 g/mol. The van der Waals surface area contributed by atoms with Crippen LogP contribution in [-0.4, -0.2) is 28.7 Å². The molecule has 0 radical (unpaired) electrons. The fourth-order valence-corrected chi connectivity index (χ4v) is 3.39. The summed E-state index contributed by atoms with van der Waals surface area (Å²) in [7, 11) is 0. The molecular weight excluding hydrogens is 334 g/mol. The van der Waals surface area contributed by atoms with Gasteiger partial charge in [-0.25, -0.2) is 0 Å². The molecule has 0 atom stereocenters. The third-order valence-corrected chi connectivity index (χ3v) is 4.76. The van der Waals surface area contributed by atoms with Crippen LogP contribution < -0.4 is 5.32 Å². The van der Waals surface area contributed by atoms with Crippen molar-refractivity contribution in [2.75, 3.05) is 11.9 Å². The minimum absolute atomic E-state index is 0.0636. The van der Waals surface area contributed by atoms with Crippen LogP contribution in [0.15, 0.2) is 34.7 Å². The molecule has 0 unspecified atom stereocenters. The predicted octanol–water partition coefficient (Wildman–Crippen LogP) is 3.11. The van der Waals surface area contributed by atoms with E-state index in [1.165, 1.54) is 16.9 Å². The van der Waals surface area contributed by atoms with E-state index in [2.05, 4.69) is 15.5 Å². The molecule has 0 aliphatic carbocycles. The Morgan fingerprint density at radius 2 is 2.00 bits per heavy atom. The summed E-state index contributed by atoms with van der Waals surface area (Å²) < 4.78 is 5.56. The molecule has 1 N–H and O–H groups in total. The Labute approximate surface area is 142 Å². The van der Waals surface area contributed by atoms with Gasteiger partial charge in [-0.15, -0.1) is 10.2 Å². The molecule has 1 heterocycles. The van der Waals surface area contributed by atoms with Crippen LogP contribution >= 0.6 is 23.1 Å². The number of carbonyl (C=O) groups excluding carboxylic acids is 2. The first-order valence-corrected chi connectivity index (χ1v) is 8.93. The van der Waals surface area contributed by atoms with E-state index in [1.807, 2.05) is 30.3 Å². The second-order valence-corrected chi connectivity index (χ2v) is 6.70. The van der Waals surface area contributed by atoms with Crippen molar-refractivity contribution in [1.82, 2.24) is 10.2 Å². The number of aromatic nitrogens is 2. The number of hydrogen-bond donors (Lipinski definition) is 1. The number of amides is 1. The van der Waals surface area contributed by atoms with Crippen LogP contribution in [0.1, 0.15) is 25.3 Å². The molecule has 0 aliphatic heterocycles. The highest BCUT2D eigenvalue weighted by Crippen LogP contribution is 2.28. The number of nitrogens with one attached hydrogen (secondary N) is 1. The lowest BCUT2D eigenvalue weighted by Gasteiger charge is -2.01. The Hall–Kier alpha value is -1.93. The van der Waals surface area contributed by atoms with Crippen LogP contribution in [0, 0.1) is 0 Å². The van der Waals surface area contributed by atoms with Crippen molar-refractivity contribution in [2.24, 2.45) is 0 Å². The van der Waals surface area contributed by atoms with E-state index >= 15 is 0 Å². The Kier molecular flexibility index (Phi) is 7.02. The van der Waals surface area contributed by atoms with Gasteiger partial charge in [0.2, 0.25) is 11.0 Å². The first-order chi connectivity index (χ1) is 11.2.